The van der Waals surface area contributed by atoms with E-state index in [9.17, 15) is 18.5 Å². The van der Waals surface area contributed by atoms with Crippen molar-refractivity contribution in [2.45, 2.75) is 4.90 Å². The van der Waals surface area contributed by atoms with E-state index in [0.717, 1.165) is 12.1 Å². The number of sulfone groups is 1. The molecule has 0 unspecified atom stereocenters. The third-order valence-electron chi connectivity index (χ3n) is 4.59. The van der Waals surface area contributed by atoms with Crippen molar-refractivity contribution in [3.05, 3.63) is 102 Å². The number of hydrogen-bond acceptors (Lipinski definition) is 7. The number of rotatable bonds is 7. The summed E-state index contributed by atoms with van der Waals surface area (Å²) in [6.07, 6.45) is 3.15. The number of aromatic amines is 1. The van der Waals surface area contributed by atoms with E-state index >= 15 is 0 Å². The number of H-pyrrole nitrogens is 1. The zero-order chi connectivity index (χ0) is 22.7. The van der Waals surface area contributed by atoms with Crippen LogP contribution in [0.2, 0.25) is 0 Å². The Labute approximate surface area is 183 Å². The Balaban J connectivity index is 1.63. The molecule has 160 valence electrons. The van der Waals surface area contributed by atoms with Gasteiger partial charge in [-0.15, -0.1) is 0 Å². The maximum Gasteiger partial charge on any atom is 0.269 e. The van der Waals surface area contributed by atoms with Crippen molar-refractivity contribution >= 4 is 20.4 Å². The third-order valence-corrected chi connectivity index (χ3v) is 6.34. The molecule has 4 rings (SSSR count). The van der Waals surface area contributed by atoms with Crippen LogP contribution in [0.15, 0.2) is 90.6 Å². The largest absolute Gasteiger partial charge is 0.457 e. The molecule has 0 radical (unpaired) electrons. The fourth-order valence-electron chi connectivity index (χ4n) is 2.92. The number of nitrogens with zero attached hydrogens (tertiary/aromatic N) is 3. The molecule has 0 spiro atoms. The van der Waals surface area contributed by atoms with Gasteiger partial charge in [0.05, 0.1) is 26.0 Å². The molecule has 9 nitrogen and oxygen atoms in total. The van der Waals surface area contributed by atoms with Gasteiger partial charge in [0.2, 0.25) is 9.84 Å². The first kappa shape index (κ1) is 20.9. The van der Waals surface area contributed by atoms with Gasteiger partial charge in [0.15, 0.2) is 0 Å². The molecule has 32 heavy (non-hydrogen) atoms. The number of ether oxygens (including phenoxy) is 1. The van der Waals surface area contributed by atoms with Gasteiger partial charge < -0.3 is 4.74 Å². The van der Waals surface area contributed by atoms with E-state index < -0.39 is 14.8 Å². The van der Waals surface area contributed by atoms with Crippen molar-refractivity contribution in [3.63, 3.8) is 0 Å². The quantitative estimate of drug-likeness (QED) is 0.323. The van der Waals surface area contributed by atoms with Crippen molar-refractivity contribution in [1.82, 2.24) is 15.2 Å². The average molecular weight is 448 g/mol. The van der Waals surface area contributed by atoms with Crippen LogP contribution in [-0.2, 0) is 9.84 Å². The normalized spacial score (nSPS) is 11.1. The van der Waals surface area contributed by atoms with E-state index in [2.05, 4.69) is 21.8 Å². The summed E-state index contributed by atoms with van der Waals surface area (Å²) < 4.78 is 31.7. The van der Waals surface area contributed by atoms with Crippen molar-refractivity contribution in [1.29, 1.82) is 0 Å². The summed E-state index contributed by atoms with van der Waals surface area (Å²) >= 11 is 0. The Bertz CT molecular complexity index is 1400. The van der Waals surface area contributed by atoms with Crippen LogP contribution >= 0.6 is 0 Å². The summed E-state index contributed by atoms with van der Waals surface area (Å²) in [7, 11) is -4.01. The molecule has 2 aromatic heterocycles. The minimum atomic E-state index is -4.01. The highest BCUT2D eigenvalue weighted by Crippen LogP contribution is 2.34. The van der Waals surface area contributed by atoms with Crippen LogP contribution < -0.4 is 4.74 Å². The zero-order valence-electron chi connectivity index (χ0n) is 16.5. The molecule has 10 heteroatoms. The van der Waals surface area contributed by atoms with Crippen molar-refractivity contribution in [2.75, 3.05) is 0 Å². The molecule has 1 N–H and O–H groups in total. The first-order chi connectivity index (χ1) is 15.4. The second-order valence-corrected chi connectivity index (χ2v) is 8.60. The summed E-state index contributed by atoms with van der Waals surface area (Å²) in [6.45, 7) is 3.68. The van der Waals surface area contributed by atoms with Crippen LogP contribution in [0.4, 0.5) is 5.69 Å². The number of hydrogen-bond donors (Lipinski definition) is 1. The van der Waals surface area contributed by atoms with Crippen LogP contribution in [0.25, 0.3) is 16.2 Å². The number of para-hydroxylation sites is 1. The van der Waals surface area contributed by atoms with Gasteiger partial charge in [-0.05, 0) is 36.4 Å². The monoisotopic (exact) mass is 448 g/mol. The highest BCUT2D eigenvalue weighted by Gasteiger charge is 2.24. The number of aromatic nitrogens is 3. The van der Waals surface area contributed by atoms with Gasteiger partial charge in [-0.2, -0.15) is 5.10 Å². The molecule has 2 heterocycles. The second kappa shape index (κ2) is 8.44. The zero-order valence-corrected chi connectivity index (χ0v) is 17.3. The van der Waals surface area contributed by atoms with Crippen molar-refractivity contribution in [3.8, 4) is 22.8 Å². The molecule has 0 aliphatic heterocycles. The molecule has 0 atom stereocenters. The van der Waals surface area contributed by atoms with E-state index in [1.807, 2.05) is 18.2 Å². The van der Waals surface area contributed by atoms with Crippen LogP contribution in [0, 0.1) is 10.1 Å². The summed E-state index contributed by atoms with van der Waals surface area (Å²) in [5.74, 6) is 1.13. The molecule has 0 saturated heterocycles. The predicted molar refractivity (Wildman–Crippen MR) is 118 cm³/mol. The number of nitro groups is 1. The Kier molecular flexibility index (Phi) is 5.52. The van der Waals surface area contributed by atoms with Gasteiger partial charge in [-0.1, -0.05) is 24.8 Å². The molecule has 0 fully saturated rings. The minimum Gasteiger partial charge on any atom is -0.457 e. The molecule has 2 aromatic carbocycles. The summed E-state index contributed by atoms with van der Waals surface area (Å²) in [6, 6.07) is 17.0. The molecular formula is C22H16N4O5S. The Morgan fingerprint density at radius 1 is 1.06 bits per heavy atom. The molecule has 0 bridgehead atoms. The molecule has 0 aliphatic rings. The van der Waals surface area contributed by atoms with Crippen LogP contribution in [-0.4, -0.2) is 28.5 Å². The molecule has 0 saturated carbocycles. The minimum absolute atomic E-state index is 0.105. The second-order valence-electron chi connectivity index (χ2n) is 6.63. The number of nitro benzene ring substituents is 1. The van der Waals surface area contributed by atoms with Crippen LogP contribution in [0.1, 0.15) is 5.69 Å². The molecular weight excluding hydrogens is 432 g/mol. The summed E-state index contributed by atoms with van der Waals surface area (Å²) in [5.41, 5.74) is 0.960. The SMILES string of the molecule is C=C(c1cc(-c2cnccc2Oc2ccccc2)[nH]n1)S(=O)(=O)c1ccc([N+](=O)[O-])cc1. The van der Waals surface area contributed by atoms with Crippen molar-refractivity contribution in [2.24, 2.45) is 0 Å². The lowest BCUT2D eigenvalue weighted by atomic mass is 10.2. The lowest BCUT2D eigenvalue weighted by Gasteiger charge is -2.09. The number of non-ortho nitro benzene ring substituents is 1. The molecule has 0 aliphatic carbocycles. The van der Waals surface area contributed by atoms with Crippen molar-refractivity contribution < 1.29 is 18.1 Å². The molecule has 0 amide bonds. The average Bonchev–Trinajstić information content (AvgIpc) is 3.29. The van der Waals surface area contributed by atoms with E-state index in [-0.39, 0.29) is 21.2 Å². The Hall–Kier alpha value is -4.31. The summed E-state index contributed by atoms with van der Waals surface area (Å²) in [5, 5.41) is 17.7. The maximum atomic E-state index is 12.9. The first-order valence-electron chi connectivity index (χ1n) is 9.28. The summed E-state index contributed by atoms with van der Waals surface area (Å²) in [4.78, 5) is 14.0. The van der Waals surface area contributed by atoms with E-state index in [1.165, 1.54) is 18.2 Å². The highest BCUT2D eigenvalue weighted by atomic mass is 32.2. The van der Waals surface area contributed by atoms with Gasteiger partial charge in [-0.25, -0.2) is 8.42 Å². The van der Waals surface area contributed by atoms with Gasteiger partial charge in [0, 0.05) is 24.5 Å². The van der Waals surface area contributed by atoms with Gasteiger partial charge in [-0.3, -0.25) is 20.2 Å². The highest BCUT2D eigenvalue weighted by molar-refractivity contribution is 8.00. The number of benzene rings is 2. The predicted octanol–water partition coefficient (Wildman–Crippen LogP) is 4.62. The topological polar surface area (TPSA) is 128 Å². The lowest BCUT2D eigenvalue weighted by molar-refractivity contribution is -0.384. The Morgan fingerprint density at radius 2 is 1.78 bits per heavy atom. The van der Waals surface area contributed by atoms with E-state index in [0.29, 0.717) is 22.8 Å². The first-order valence-corrected chi connectivity index (χ1v) is 10.8. The number of pyridine rings is 1. The van der Waals surface area contributed by atoms with Gasteiger partial charge in [0.25, 0.3) is 5.69 Å². The van der Waals surface area contributed by atoms with Gasteiger partial charge in [0.1, 0.15) is 17.2 Å². The smallest absolute Gasteiger partial charge is 0.269 e. The van der Waals surface area contributed by atoms with E-state index in [4.69, 9.17) is 4.74 Å². The fourth-order valence-corrected chi connectivity index (χ4v) is 4.08. The third kappa shape index (κ3) is 4.12. The fraction of sp³-hybridized carbons (Fsp3) is 0. The molecule has 4 aromatic rings. The van der Waals surface area contributed by atoms with Crippen LogP contribution in [0.5, 0.6) is 11.5 Å². The number of nitrogens with one attached hydrogen (secondary N) is 1. The Morgan fingerprint density at radius 3 is 2.47 bits per heavy atom. The lowest BCUT2D eigenvalue weighted by Crippen LogP contribution is -2.04. The van der Waals surface area contributed by atoms with Crippen LogP contribution in [0.3, 0.4) is 0 Å². The van der Waals surface area contributed by atoms with Gasteiger partial charge >= 0.3 is 0 Å². The standard InChI is InChI=1S/C22H16N4O5S/c1-15(32(29,30)18-9-7-16(8-10-18)26(27)28)20-13-21(25-24-20)19-14-23-12-11-22(19)31-17-5-3-2-4-6-17/h2-14H,1H2,(H,24,25). The maximum absolute atomic E-state index is 12.9. The van der Waals surface area contributed by atoms with E-state index in [1.54, 1.807) is 30.6 Å².